The smallest absolute Gasteiger partial charge is 0.0682 e. The molecular formula is C8H11ClN2. The first-order valence-corrected chi connectivity index (χ1v) is 3.91. The molecule has 0 amide bonds. The second kappa shape index (κ2) is 3.60. The minimum absolute atomic E-state index is 0.720. The summed E-state index contributed by atoms with van der Waals surface area (Å²) in [4.78, 5) is 0. The Morgan fingerprint density at radius 2 is 2.27 bits per heavy atom. The van der Waals surface area contributed by atoms with Gasteiger partial charge in [0.2, 0.25) is 0 Å². The van der Waals surface area contributed by atoms with E-state index in [-0.39, 0.29) is 0 Å². The number of nitrogens with one attached hydrogen (secondary N) is 1. The van der Waals surface area contributed by atoms with Crippen LogP contribution in [0.25, 0.3) is 0 Å². The van der Waals surface area contributed by atoms with E-state index >= 15 is 0 Å². The zero-order valence-corrected chi connectivity index (χ0v) is 7.15. The third-order valence-electron chi connectivity index (χ3n) is 1.62. The van der Waals surface area contributed by atoms with Crippen LogP contribution in [0.2, 0.25) is 5.02 Å². The number of hydrazine groups is 1. The van der Waals surface area contributed by atoms with E-state index in [0.717, 1.165) is 22.7 Å². The molecule has 0 saturated carbocycles. The Bertz CT molecular complexity index is 226. The number of nitrogens with two attached hydrogens (primary N) is 1. The highest BCUT2D eigenvalue weighted by molar-refractivity contribution is 6.34. The zero-order chi connectivity index (χ0) is 8.27. The van der Waals surface area contributed by atoms with Crippen molar-refractivity contribution in [2.45, 2.75) is 13.3 Å². The molecule has 1 rings (SSSR count). The molecule has 0 fully saturated rings. The zero-order valence-electron chi connectivity index (χ0n) is 6.39. The summed E-state index contributed by atoms with van der Waals surface area (Å²) < 4.78 is 0. The lowest BCUT2D eigenvalue weighted by molar-refractivity contribution is 1.14. The van der Waals surface area contributed by atoms with Gasteiger partial charge in [-0.3, -0.25) is 5.84 Å². The van der Waals surface area contributed by atoms with E-state index in [1.54, 1.807) is 0 Å². The predicted octanol–water partition coefficient (Wildman–Crippen LogP) is 2.19. The lowest BCUT2D eigenvalue weighted by Crippen LogP contribution is -2.07. The molecule has 0 unspecified atom stereocenters. The van der Waals surface area contributed by atoms with Gasteiger partial charge in [-0.15, -0.1) is 0 Å². The van der Waals surface area contributed by atoms with Crippen molar-refractivity contribution in [3.8, 4) is 0 Å². The summed E-state index contributed by atoms with van der Waals surface area (Å²) in [5.41, 5.74) is 4.43. The van der Waals surface area contributed by atoms with Gasteiger partial charge < -0.3 is 5.43 Å². The molecular weight excluding hydrogens is 160 g/mol. The van der Waals surface area contributed by atoms with Gasteiger partial charge in [0.25, 0.3) is 0 Å². The highest BCUT2D eigenvalue weighted by Gasteiger charge is 2.01. The Morgan fingerprint density at radius 1 is 1.55 bits per heavy atom. The average Bonchev–Trinajstić information content (AvgIpc) is 2.05. The van der Waals surface area contributed by atoms with E-state index in [0.29, 0.717) is 0 Å². The number of nitrogen functional groups attached to an aromatic ring is 1. The Balaban J connectivity index is 3.10. The van der Waals surface area contributed by atoms with Crippen molar-refractivity contribution in [1.82, 2.24) is 0 Å². The van der Waals surface area contributed by atoms with Gasteiger partial charge in [-0.2, -0.15) is 0 Å². The number of hydrogen-bond acceptors (Lipinski definition) is 2. The molecule has 60 valence electrons. The number of halogens is 1. The standard InChI is InChI=1S/C8H11ClN2/c1-2-6-4-3-5-7(11-10)8(6)9/h3-5,11H,2,10H2,1H3. The van der Waals surface area contributed by atoms with Gasteiger partial charge in [-0.1, -0.05) is 30.7 Å². The number of benzene rings is 1. The summed E-state index contributed by atoms with van der Waals surface area (Å²) in [7, 11) is 0. The monoisotopic (exact) mass is 170 g/mol. The molecule has 11 heavy (non-hydrogen) atoms. The molecule has 0 aromatic heterocycles. The van der Waals surface area contributed by atoms with Crippen molar-refractivity contribution in [2.24, 2.45) is 5.84 Å². The molecule has 0 radical (unpaired) electrons. The lowest BCUT2D eigenvalue weighted by Gasteiger charge is -2.05. The number of rotatable bonds is 2. The third kappa shape index (κ3) is 1.64. The molecule has 0 spiro atoms. The van der Waals surface area contributed by atoms with Crippen LogP contribution in [0.1, 0.15) is 12.5 Å². The Kier molecular flexibility index (Phi) is 2.74. The fraction of sp³-hybridized carbons (Fsp3) is 0.250. The van der Waals surface area contributed by atoms with Crippen LogP contribution in [-0.4, -0.2) is 0 Å². The fourth-order valence-electron chi connectivity index (χ4n) is 0.964. The van der Waals surface area contributed by atoms with E-state index in [1.165, 1.54) is 0 Å². The summed E-state index contributed by atoms with van der Waals surface area (Å²) in [6, 6.07) is 5.77. The lowest BCUT2D eigenvalue weighted by atomic mass is 10.1. The molecule has 3 N–H and O–H groups in total. The maximum atomic E-state index is 5.97. The van der Waals surface area contributed by atoms with Crippen LogP contribution >= 0.6 is 11.6 Å². The minimum Gasteiger partial charge on any atom is -0.323 e. The normalized spacial score (nSPS) is 9.73. The van der Waals surface area contributed by atoms with Crippen molar-refractivity contribution in [1.29, 1.82) is 0 Å². The Morgan fingerprint density at radius 3 is 2.82 bits per heavy atom. The average molecular weight is 171 g/mol. The first kappa shape index (κ1) is 8.37. The molecule has 0 bridgehead atoms. The van der Waals surface area contributed by atoms with E-state index in [9.17, 15) is 0 Å². The maximum Gasteiger partial charge on any atom is 0.0682 e. The van der Waals surface area contributed by atoms with Crippen LogP contribution in [0.3, 0.4) is 0 Å². The first-order chi connectivity index (χ1) is 5.29. The third-order valence-corrected chi connectivity index (χ3v) is 2.06. The van der Waals surface area contributed by atoms with Crippen molar-refractivity contribution < 1.29 is 0 Å². The molecule has 3 heteroatoms. The topological polar surface area (TPSA) is 38.0 Å². The van der Waals surface area contributed by atoms with E-state index < -0.39 is 0 Å². The van der Waals surface area contributed by atoms with Gasteiger partial charge in [0, 0.05) is 0 Å². The highest BCUT2D eigenvalue weighted by atomic mass is 35.5. The second-order valence-corrected chi connectivity index (χ2v) is 2.65. The molecule has 0 heterocycles. The molecule has 0 atom stereocenters. The fourth-order valence-corrected chi connectivity index (χ4v) is 1.28. The van der Waals surface area contributed by atoms with E-state index in [1.807, 2.05) is 18.2 Å². The Hall–Kier alpha value is -0.730. The summed E-state index contributed by atoms with van der Waals surface area (Å²) in [5, 5.41) is 0.720. The van der Waals surface area contributed by atoms with Crippen molar-refractivity contribution in [3.63, 3.8) is 0 Å². The van der Waals surface area contributed by atoms with Crippen LogP contribution < -0.4 is 11.3 Å². The molecule has 1 aromatic carbocycles. The molecule has 0 aliphatic heterocycles. The summed E-state index contributed by atoms with van der Waals surface area (Å²) in [6.45, 7) is 2.06. The maximum absolute atomic E-state index is 5.97. The number of anilines is 1. The summed E-state index contributed by atoms with van der Waals surface area (Å²) in [6.07, 6.45) is 0.925. The molecule has 0 aliphatic carbocycles. The SMILES string of the molecule is CCc1cccc(NN)c1Cl. The number of aryl methyl sites for hydroxylation is 1. The van der Waals surface area contributed by atoms with Crippen molar-refractivity contribution >= 4 is 17.3 Å². The van der Waals surface area contributed by atoms with Crippen LogP contribution in [0.4, 0.5) is 5.69 Å². The summed E-state index contributed by atoms with van der Waals surface area (Å²) >= 11 is 5.97. The van der Waals surface area contributed by atoms with Gasteiger partial charge in [0.1, 0.15) is 0 Å². The van der Waals surface area contributed by atoms with Crippen LogP contribution in [-0.2, 0) is 6.42 Å². The molecule has 1 aromatic rings. The minimum atomic E-state index is 0.720. The van der Waals surface area contributed by atoms with Gasteiger partial charge in [0.15, 0.2) is 0 Å². The van der Waals surface area contributed by atoms with Crippen molar-refractivity contribution in [2.75, 3.05) is 5.43 Å². The van der Waals surface area contributed by atoms with Crippen LogP contribution in [0.15, 0.2) is 18.2 Å². The first-order valence-electron chi connectivity index (χ1n) is 3.53. The quantitative estimate of drug-likeness (QED) is 0.528. The van der Waals surface area contributed by atoms with Gasteiger partial charge >= 0.3 is 0 Å². The highest BCUT2D eigenvalue weighted by Crippen LogP contribution is 2.24. The van der Waals surface area contributed by atoms with E-state index in [4.69, 9.17) is 17.4 Å². The number of hydrogen-bond donors (Lipinski definition) is 2. The van der Waals surface area contributed by atoms with E-state index in [2.05, 4.69) is 12.3 Å². The van der Waals surface area contributed by atoms with Gasteiger partial charge in [-0.25, -0.2) is 0 Å². The second-order valence-electron chi connectivity index (χ2n) is 2.28. The van der Waals surface area contributed by atoms with Gasteiger partial charge in [0.05, 0.1) is 10.7 Å². The molecule has 0 aliphatic rings. The Labute approximate surface area is 71.3 Å². The van der Waals surface area contributed by atoms with Crippen LogP contribution in [0.5, 0.6) is 0 Å². The summed E-state index contributed by atoms with van der Waals surface area (Å²) in [5.74, 6) is 5.24. The molecule has 0 saturated heterocycles. The largest absolute Gasteiger partial charge is 0.323 e. The predicted molar refractivity (Wildman–Crippen MR) is 48.6 cm³/mol. The molecule has 2 nitrogen and oxygen atoms in total. The van der Waals surface area contributed by atoms with Crippen molar-refractivity contribution in [3.05, 3.63) is 28.8 Å². The van der Waals surface area contributed by atoms with Gasteiger partial charge in [-0.05, 0) is 18.1 Å². The van der Waals surface area contributed by atoms with Crippen LogP contribution in [0, 0.1) is 0 Å².